The summed E-state index contributed by atoms with van der Waals surface area (Å²) in [7, 11) is 0. The molecule has 1 aliphatic carbocycles. The second-order valence-electron chi connectivity index (χ2n) is 9.94. The minimum absolute atomic E-state index is 0.0704. The average Bonchev–Trinajstić information content (AvgIpc) is 3.63. The van der Waals surface area contributed by atoms with Gasteiger partial charge in [-0.3, -0.25) is 9.18 Å². The molecule has 1 saturated carbocycles. The summed E-state index contributed by atoms with van der Waals surface area (Å²) >= 11 is 0. The summed E-state index contributed by atoms with van der Waals surface area (Å²) in [5.74, 6) is -0.403. The van der Waals surface area contributed by atoms with Gasteiger partial charge in [-0.05, 0) is 75.0 Å². The third-order valence-corrected chi connectivity index (χ3v) is 7.14. The number of nitrogens with zero attached hydrogens (tertiary/aromatic N) is 5. The van der Waals surface area contributed by atoms with E-state index in [-0.39, 0.29) is 34.4 Å². The van der Waals surface area contributed by atoms with Crippen LogP contribution in [-0.2, 0) is 18.4 Å². The predicted molar refractivity (Wildman–Crippen MR) is 133 cm³/mol. The number of alkyl halides is 1. The van der Waals surface area contributed by atoms with E-state index in [9.17, 15) is 9.18 Å². The van der Waals surface area contributed by atoms with Gasteiger partial charge in [0.15, 0.2) is 17.3 Å². The molecule has 0 saturated heterocycles. The first-order chi connectivity index (χ1) is 17.4. The Kier molecular flexibility index (Phi) is 5.36. The molecule has 1 aromatic carbocycles. The molecule has 3 aromatic heterocycles. The Balaban J connectivity index is 1.48. The molecule has 2 aliphatic rings. The molecule has 186 valence electrons. The second kappa shape index (κ2) is 8.48. The van der Waals surface area contributed by atoms with Crippen LogP contribution < -0.4 is 16.2 Å². The van der Waals surface area contributed by atoms with Crippen molar-refractivity contribution in [1.82, 2.24) is 29.6 Å². The van der Waals surface area contributed by atoms with Crippen molar-refractivity contribution in [2.45, 2.75) is 51.1 Å². The summed E-state index contributed by atoms with van der Waals surface area (Å²) in [6.07, 6.45) is 3.72. The SMILES string of the molecule is CC(C)n1c(=O)c2cnc(Nc3ccc4c(c3)CCNC4)nc2n1-c1nc(C2(CF)CC2)ccc1F. The Morgan fingerprint density at radius 2 is 2.00 bits per heavy atom. The number of anilines is 2. The Bertz CT molecular complexity index is 1540. The molecule has 4 heterocycles. The van der Waals surface area contributed by atoms with Crippen LogP contribution >= 0.6 is 0 Å². The van der Waals surface area contributed by atoms with Gasteiger partial charge in [0.1, 0.15) is 12.1 Å². The molecule has 0 bridgehead atoms. The molecule has 0 radical (unpaired) electrons. The summed E-state index contributed by atoms with van der Waals surface area (Å²) < 4.78 is 31.8. The van der Waals surface area contributed by atoms with Crippen molar-refractivity contribution in [3.05, 3.63) is 69.5 Å². The van der Waals surface area contributed by atoms with Crippen LogP contribution in [0.2, 0.25) is 0 Å². The maximum absolute atomic E-state index is 15.2. The molecule has 4 aromatic rings. The maximum Gasteiger partial charge on any atom is 0.278 e. The van der Waals surface area contributed by atoms with E-state index in [0.29, 0.717) is 18.5 Å². The lowest BCUT2D eigenvalue weighted by Gasteiger charge is -2.18. The highest BCUT2D eigenvalue weighted by Crippen LogP contribution is 2.48. The Hall–Kier alpha value is -3.66. The van der Waals surface area contributed by atoms with Crippen LogP contribution in [0.25, 0.3) is 16.9 Å². The monoisotopic (exact) mass is 491 g/mol. The highest BCUT2D eigenvalue weighted by atomic mass is 19.1. The molecule has 10 heteroatoms. The van der Waals surface area contributed by atoms with Crippen LogP contribution in [0.3, 0.4) is 0 Å². The minimum atomic E-state index is -0.669. The number of benzene rings is 1. The molecule has 0 spiro atoms. The van der Waals surface area contributed by atoms with E-state index >= 15 is 4.39 Å². The zero-order chi connectivity index (χ0) is 25.0. The summed E-state index contributed by atoms with van der Waals surface area (Å²) in [6, 6.07) is 8.61. The zero-order valence-corrected chi connectivity index (χ0v) is 20.2. The summed E-state index contributed by atoms with van der Waals surface area (Å²) in [5.41, 5.74) is 3.06. The van der Waals surface area contributed by atoms with Crippen molar-refractivity contribution in [3.63, 3.8) is 0 Å². The summed E-state index contributed by atoms with van der Waals surface area (Å²) in [6.45, 7) is 4.87. The standard InChI is InChI=1S/C26H27F2N7O/c1-15(2)34-24(36)19-13-30-25(31-18-4-3-17-12-29-10-7-16(17)11-18)33-22(19)35(34)23-20(28)5-6-21(32-23)26(14-27)8-9-26/h3-6,11,13,15,29H,7-10,12,14H2,1-2H3,(H,30,31,33). The minimum Gasteiger partial charge on any atom is -0.324 e. The molecular weight excluding hydrogens is 464 g/mol. The highest BCUT2D eigenvalue weighted by Gasteiger charge is 2.46. The quantitative estimate of drug-likeness (QED) is 0.422. The molecule has 6 rings (SSSR count). The van der Waals surface area contributed by atoms with Crippen molar-refractivity contribution in [2.75, 3.05) is 18.5 Å². The van der Waals surface area contributed by atoms with Crippen LogP contribution in [0.4, 0.5) is 20.4 Å². The van der Waals surface area contributed by atoms with Gasteiger partial charge in [-0.25, -0.2) is 23.7 Å². The fourth-order valence-corrected chi connectivity index (χ4v) is 4.90. The van der Waals surface area contributed by atoms with Crippen LogP contribution in [0, 0.1) is 5.82 Å². The van der Waals surface area contributed by atoms with Gasteiger partial charge >= 0.3 is 0 Å². The lowest BCUT2D eigenvalue weighted by Crippen LogP contribution is -2.26. The molecule has 1 aliphatic heterocycles. The third kappa shape index (κ3) is 3.67. The fourth-order valence-electron chi connectivity index (χ4n) is 4.90. The predicted octanol–water partition coefficient (Wildman–Crippen LogP) is 4.09. The van der Waals surface area contributed by atoms with Crippen LogP contribution in [0.15, 0.2) is 41.3 Å². The van der Waals surface area contributed by atoms with Gasteiger partial charge in [0.2, 0.25) is 5.95 Å². The van der Waals surface area contributed by atoms with Crippen LogP contribution in [-0.4, -0.2) is 37.5 Å². The fraction of sp³-hybridized carbons (Fsp3) is 0.385. The van der Waals surface area contributed by atoms with Gasteiger partial charge in [0.25, 0.3) is 5.56 Å². The van der Waals surface area contributed by atoms with E-state index in [2.05, 4.69) is 37.7 Å². The first kappa shape index (κ1) is 22.8. The number of nitrogens with one attached hydrogen (secondary N) is 2. The smallest absolute Gasteiger partial charge is 0.278 e. The maximum atomic E-state index is 15.2. The average molecular weight is 492 g/mol. The van der Waals surface area contributed by atoms with Crippen LogP contribution in [0.1, 0.15) is 49.6 Å². The second-order valence-corrected chi connectivity index (χ2v) is 9.94. The lowest BCUT2D eigenvalue weighted by molar-refractivity contribution is 0.408. The van der Waals surface area contributed by atoms with Crippen molar-refractivity contribution < 1.29 is 8.78 Å². The molecule has 36 heavy (non-hydrogen) atoms. The third-order valence-electron chi connectivity index (χ3n) is 7.14. The zero-order valence-electron chi connectivity index (χ0n) is 20.2. The normalized spacial score (nSPS) is 16.4. The van der Waals surface area contributed by atoms with Crippen LogP contribution in [0.5, 0.6) is 0 Å². The van der Waals surface area contributed by atoms with E-state index in [0.717, 1.165) is 25.2 Å². The van der Waals surface area contributed by atoms with E-state index in [4.69, 9.17) is 0 Å². The Morgan fingerprint density at radius 3 is 2.75 bits per heavy atom. The molecular formula is C26H27F2N7O. The largest absolute Gasteiger partial charge is 0.324 e. The van der Waals surface area contributed by atoms with Gasteiger partial charge in [-0.1, -0.05) is 6.07 Å². The molecule has 0 amide bonds. The lowest BCUT2D eigenvalue weighted by atomic mass is 10.0. The molecule has 1 fully saturated rings. The number of hydrogen-bond donors (Lipinski definition) is 2. The molecule has 8 nitrogen and oxygen atoms in total. The van der Waals surface area contributed by atoms with E-state index in [1.807, 2.05) is 19.9 Å². The van der Waals surface area contributed by atoms with Gasteiger partial charge < -0.3 is 10.6 Å². The first-order valence-electron chi connectivity index (χ1n) is 12.2. The molecule has 2 N–H and O–H groups in total. The Morgan fingerprint density at radius 1 is 1.17 bits per heavy atom. The number of hydrogen-bond acceptors (Lipinski definition) is 6. The number of rotatable bonds is 6. The highest BCUT2D eigenvalue weighted by molar-refractivity contribution is 5.77. The van der Waals surface area contributed by atoms with Crippen molar-refractivity contribution in [1.29, 1.82) is 0 Å². The van der Waals surface area contributed by atoms with Gasteiger partial charge in [0, 0.05) is 29.9 Å². The number of fused-ring (bicyclic) bond motifs is 2. The van der Waals surface area contributed by atoms with Crippen molar-refractivity contribution in [2.24, 2.45) is 0 Å². The summed E-state index contributed by atoms with van der Waals surface area (Å²) in [5, 5.41) is 6.83. The van der Waals surface area contributed by atoms with E-state index in [1.165, 1.54) is 38.8 Å². The van der Waals surface area contributed by atoms with Gasteiger partial charge in [0.05, 0.1) is 5.69 Å². The topological polar surface area (TPSA) is 89.7 Å². The van der Waals surface area contributed by atoms with Gasteiger partial charge in [-0.2, -0.15) is 4.98 Å². The van der Waals surface area contributed by atoms with Gasteiger partial charge in [-0.15, -0.1) is 0 Å². The number of pyridine rings is 1. The number of aromatic nitrogens is 5. The van der Waals surface area contributed by atoms with E-state index in [1.54, 1.807) is 0 Å². The summed E-state index contributed by atoms with van der Waals surface area (Å²) in [4.78, 5) is 26.8. The van der Waals surface area contributed by atoms with Crippen molar-refractivity contribution >= 4 is 22.7 Å². The number of halogens is 2. The molecule has 0 atom stereocenters. The molecule has 0 unspecified atom stereocenters. The first-order valence-corrected chi connectivity index (χ1v) is 12.2. The van der Waals surface area contributed by atoms with E-state index < -0.39 is 17.9 Å². The Labute approximate surface area is 206 Å². The van der Waals surface area contributed by atoms with Crippen molar-refractivity contribution in [3.8, 4) is 5.82 Å².